The van der Waals surface area contributed by atoms with Crippen LogP contribution in [0.1, 0.15) is 167 Å². The van der Waals surface area contributed by atoms with Crippen LogP contribution in [0.5, 0.6) is 5.75 Å². The summed E-state index contributed by atoms with van der Waals surface area (Å²) in [5.41, 5.74) is 11.6. The number of ketones is 3. The van der Waals surface area contributed by atoms with Gasteiger partial charge < -0.3 is 32.5 Å². The number of phenolic OH excluding ortho intramolecular Hbond substituents is 1. The molecule has 0 unspecified atom stereocenters. The monoisotopic (exact) mass is 800 g/mol. The van der Waals surface area contributed by atoms with Crippen LogP contribution >= 0.6 is 0 Å². The van der Waals surface area contributed by atoms with E-state index in [1.165, 1.54) is 76.3 Å². The van der Waals surface area contributed by atoms with Crippen molar-refractivity contribution in [3.8, 4) is 5.75 Å². The van der Waals surface area contributed by atoms with Crippen molar-refractivity contribution >= 4 is 41.0 Å². The zero-order chi connectivity index (χ0) is 42.3. The van der Waals surface area contributed by atoms with Crippen molar-refractivity contribution in [3.63, 3.8) is 0 Å². The number of nitrogens with two attached hydrogens (primary N) is 2. The van der Waals surface area contributed by atoms with Crippen molar-refractivity contribution in [1.29, 1.82) is 0 Å². The Morgan fingerprint density at radius 2 is 1.23 bits per heavy atom. The molecule has 13 heteroatoms. The Hall–Kier alpha value is -4.13. The summed E-state index contributed by atoms with van der Waals surface area (Å²) in [7, 11) is 0. The van der Waals surface area contributed by atoms with Gasteiger partial charge in [-0.2, -0.15) is 0 Å². The molecule has 0 fully saturated rings. The first kappa shape index (κ1) is 50.9. The molecular weight excluding hydrogens is 727 g/mol. The SMILES string of the molecule is CCCCCCCCCCCCCCCC(=O)NCC(=O)CCC(=O)N[C@@H](Cc1ccc(O)cc1)C(=O)C[C@@H](CCC(N)=O)C(=O)N[C@@H](CCCCN)C(=O)CC. The van der Waals surface area contributed by atoms with Gasteiger partial charge in [-0.05, 0) is 62.8 Å². The third-order valence-electron chi connectivity index (χ3n) is 10.3. The molecule has 13 nitrogen and oxygen atoms in total. The quantitative estimate of drug-likeness (QED) is 0.0450. The molecule has 322 valence electrons. The highest BCUT2D eigenvalue weighted by molar-refractivity contribution is 5.95. The van der Waals surface area contributed by atoms with Crippen LogP contribution in [-0.2, 0) is 40.0 Å². The summed E-state index contributed by atoms with van der Waals surface area (Å²) in [4.78, 5) is 89.5. The zero-order valence-corrected chi connectivity index (χ0v) is 34.9. The zero-order valence-electron chi connectivity index (χ0n) is 34.9. The van der Waals surface area contributed by atoms with Gasteiger partial charge in [-0.1, -0.05) is 103 Å². The fourth-order valence-electron chi connectivity index (χ4n) is 6.68. The number of primary amides is 1. The number of hydrogen-bond donors (Lipinski definition) is 6. The molecule has 1 rings (SSSR count). The molecule has 0 saturated carbocycles. The molecule has 0 aliphatic heterocycles. The van der Waals surface area contributed by atoms with Crippen LogP contribution in [0.3, 0.4) is 0 Å². The van der Waals surface area contributed by atoms with Gasteiger partial charge in [-0.3, -0.25) is 33.6 Å². The lowest BCUT2D eigenvalue weighted by molar-refractivity contribution is -0.134. The van der Waals surface area contributed by atoms with Crippen molar-refractivity contribution in [2.24, 2.45) is 17.4 Å². The van der Waals surface area contributed by atoms with Crippen LogP contribution in [0.15, 0.2) is 24.3 Å². The fourth-order valence-corrected chi connectivity index (χ4v) is 6.68. The van der Waals surface area contributed by atoms with Gasteiger partial charge in [-0.25, -0.2) is 0 Å². The number of amides is 4. The molecule has 3 atom stereocenters. The maximum absolute atomic E-state index is 13.8. The Labute approximate surface area is 341 Å². The second-order valence-corrected chi connectivity index (χ2v) is 15.3. The Balaban J connectivity index is 2.68. The number of rotatable bonds is 36. The molecule has 0 aliphatic carbocycles. The Morgan fingerprint density at radius 1 is 0.632 bits per heavy atom. The number of carbonyl (C=O) groups excluding carboxylic acids is 7. The predicted octanol–water partition coefficient (Wildman–Crippen LogP) is 5.80. The summed E-state index contributed by atoms with van der Waals surface area (Å²) in [6.07, 6.45) is 17.1. The molecule has 0 aliphatic rings. The number of Topliss-reactive ketones (excluding diaryl/α,β-unsaturated/α-hetero) is 3. The summed E-state index contributed by atoms with van der Waals surface area (Å²) < 4.78 is 0. The number of nitrogens with one attached hydrogen (secondary N) is 3. The topological polar surface area (TPSA) is 228 Å². The first-order valence-electron chi connectivity index (χ1n) is 21.6. The van der Waals surface area contributed by atoms with Gasteiger partial charge in [0.25, 0.3) is 0 Å². The van der Waals surface area contributed by atoms with Crippen molar-refractivity contribution in [3.05, 3.63) is 29.8 Å². The van der Waals surface area contributed by atoms with Gasteiger partial charge in [-0.15, -0.1) is 0 Å². The van der Waals surface area contributed by atoms with E-state index in [1.54, 1.807) is 19.1 Å². The van der Waals surface area contributed by atoms with E-state index >= 15 is 0 Å². The minimum Gasteiger partial charge on any atom is -0.508 e. The number of unbranched alkanes of at least 4 members (excludes halogenated alkanes) is 13. The smallest absolute Gasteiger partial charge is 0.224 e. The van der Waals surface area contributed by atoms with Crippen molar-refractivity contribution in [2.45, 2.75) is 180 Å². The van der Waals surface area contributed by atoms with E-state index in [2.05, 4.69) is 22.9 Å². The molecule has 0 heterocycles. The second-order valence-electron chi connectivity index (χ2n) is 15.3. The minimum atomic E-state index is -1.10. The first-order chi connectivity index (χ1) is 27.4. The first-order valence-corrected chi connectivity index (χ1v) is 21.6. The van der Waals surface area contributed by atoms with Gasteiger partial charge in [0, 0.05) is 44.4 Å². The summed E-state index contributed by atoms with van der Waals surface area (Å²) in [5.74, 6) is -3.95. The van der Waals surface area contributed by atoms with Gasteiger partial charge in [0.05, 0.1) is 18.6 Å². The maximum atomic E-state index is 13.8. The van der Waals surface area contributed by atoms with E-state index in [0.29, 0.717) is 37.8 Å². The van der Waals surface area contributed by atoms with Crippen LogP contribution in [0, 0.1) is 5.92 Å². The number of carbonyl (C=O) groups is 7. The van der Waals surface area contributed by atoms with Crippen molar-refractivity contribution in [1.82, 2.24) is 16.0 Å². The van der Waals surface area contributed by atoms with Crippen LogP contribution in [0.2, 0.25) is 0 Å². The van der Waals surface area contributed by atoms with E-state index in [4.69, 9.17) is 11.5 Å². The molecule has 0 bridgehead atoms. The van der Waals surface area contributed by atoms with Gasteiger partial charge in [0.2, 0.25) is 23.6 Å². The van der Waals surface area contributed by atoms with E-state index in [-0.39, 0.29) is 74.7 Å². The standard InChI is InChI=1S/C44H73N5O8/c1-3-5-6-7-8-9-10-11-12-13-14-15-16-20-42(55)47-32-36(51)26-28-43(56)48-38(30-33-21-24-35(50)25-22-33)40(53)31-34(23-27-41(46)54)44(57)49-37(39(52)4-2)19-17-18-29-45/h21-22,24-25,34,37-38,50H,3-20,23,26-32,45H2,1-2H3,(H2,46,54)(H,47,55)(H,48,56)(H,49,57)/t34-,37+,38+/m1/s1. The molecule has 4 amide bonds. The normalized spacial score (nSPS) is 12.6. The molecular formula is C44H73N5O8. The van der Waals surface area contributed by atoms with E-state index in [9.17, 15) is 38.7 Å². The Bertz CT molecular complexity index is 1350. The lowest BCUT2D eigenvalue weighted by Crippen LogP contribution is -2.47. The molecule has 8 N–H and O–H groups in total. The van der Waals surface area contributed by atoms with Crippen LogP contribution < -0.4 is 27.4 Å². The summed E-state index contributed by atoms with van der Waals surface area (Å²) in [6.45, 7) is 4.18. The molecule has 0 aromatic heterocycles. The van der Waals surface area contributed by atoms with Crippen molar-refractivity contribution < 1.29 is 38.7 Å². The van der Waals surface area contributed by atoms with Crippen molar-refractivity contribution in [2.75, 3.05) is 13.1 Å². The third-order valence-corrected chi connectivity index (χ3v) is 10.3. The van der Waals surface area contributed by atoms with Crippen LogP contribution in [-0.4, -0.2) is 71.3 Å². The molecule has 1 aromatic carbocycles. The number of aromatic hydroxyl groups is 1. The number of phenols is 1. The minimum absolute atomic E-state index is 0.0199. The average Bonchev–Trinajstić information content (AvgIpc) is 3.19. The molecule has 1 aromatic rings. The Morgan fingerprint density at radius 3 is 1.79 bits per heavy atom. The van der Waals surface area contributed by atoms with Crippen LogP contribution in [0.4, 0.5) is 0 Å². The van der Waals surface area contributed by atoms with Gasteiger partial charge >= 0.3 is 0 Å². The van der Waals surface area contributed by atoms with E-state index < -0.39 is 41.5 Å². The lowest BCUT2D eigenvalue weighted by atomic mass is 9.90. The highest BCUT2D eigenvalue weighted by atomic mass is 16.3. The van der Waals surface area contributed by atoms with E-state index in [0.717, 1.165) is 19.3 Å². The molecule has 57 heavy (non-hydrogen) atoms. The summed E-state index contributed by atoms with van der Waals surface area (Å²) >= 11 is 0. The number of hydrogen-bond acceptors (Lipinski definition) is 9. The van der Waals surface area contributed by atoms with Crippen LogP contribution in [0.25, 0.3) is 0 Å². The molecule has 0 spiro atoms. The maximum Gasteiger partial charge on any atom is 0.224 e. The highest BCUT2D eigenvalue weighted by Crippen LogP contribution is 2.19. The van der Waals surface area contributed by atoms with Gasteiger partial charge in [0.15, 0.2) is 17.3 Å². The molecule has 0 saturated heterocycles. The lowest BCUT2D eigenvalue weighted by Gasteiger charge is -2.24. The predicted molar refractivity (Wildman–Crippen MR) is 223 cm³/mol. The average molecular weight is 800 g/mol. The Kier molecular flexibility index (Phi) is 28.5. The fraction of sp³-hybridized carbons (Fsp3) is 0.705. The van der Waals surface area contributed by atoms with E-state index in [1.807, 2.05) is 0 Å². The summed E-state index contributed by atoms with van der Waals surface area (Å²) in [6, 6.07) is 4.23. The summed E-state index contributed by atoms with van der Waals surface area (Å²) in [5, 5.41) is 17.8. The third kappa shape index (κ3) is 25.7. The highest BCUT2D eigenvalue weighted by Gasteiger charge is 2.30. The largest absolute Gasteiger partial charge is 0.508 e. The number of benzene rings is 1. The van der Waals surface area contributed by atoms with Gasteiger partial charge in [0.1, 0.15) is 5.75 Å². The molecule has 0 radical (unpaired) electrons. The second kappa shape index (κ2) is 31.9.